The summed E-state index contributed by atoms with van der Waals surface area (Å²) in [4.78, 5) is 28.2. The fourth-order valence-corrected chi connectivity index (χ4v) is 2.89. The van der Waals surface area contributed by atoms with Crippen molar-refractivity contribution in [3.05, 3.63) is 40.9 Å². The predicted molar refractivity (Wildman–Crippen MR) is 86.4 cm³/mol. The fourth-order valence-electron chi connectivity index (χ4n) is 2.10. The normalized spacial score (nSPS) is 11.4. The molecule has 0 saturated heterocycles. The molecule has 1 aromatic heterocycles. The van der Waals surface area contributed by atoms with Gasteiger partial charge in [0.05, 0.1) is 5.56 Å². The van der Waals surface area contributed by atoms with Crippen LogP contribution >= 0.6 is 11.3 Å². The first kappa shape index (κ1) is 18.9. The molecule has 0 fully saturated rings. The van der Waals surface area contributed by atoms with Gasteiger partial charge in [0, 0.05) is 31.0 Å². The number of rotatable bonds is 6. The minimum absolute atomic E-state index is 0.0514. The third-order valence-electron chi connectivity index (χ3n) is 3.39. The minimum atomic E-state index is -4.45. The quantitative estimate of drug-likeness (QED) is 0.838. The van der Waals surface area contributed by atoms with Crippen LogP contribution in [0.1, 0.15) is 28.9 Å². The molecule has 0 aliphatic carbocycles. The molecule has 0 radical (unpaired) electrons. The number of nitrogens with zero attached hydrogens (tertiary/aromatic N) is 2. The number of benzene rings is 1. The van der Waals surface area contributed by atoms with Crippen molar-refractivity contribution in [2.45, 2.75) is 19.0 Å². The van der Waals surface area contributed by atoms with Gasteiger partial charge in [-0.1, -0.05) is 12.1 Å². The van der Waals surface area contributed by atoms with E-state index in [9.17, 15) is 22.8 Å². The number of hydrogen-bond acceptors (Lipinski definition) is 4. The zero-order valence-electron chi connectivity index (χ0n) is 13.2. The Morgan fingerprint density at radius 3 is 2.68 bits per heavy atom. The molecular weight excluding hydrogens is 357 g/mol. The molecule has 2 rings (SSSR count). The van der Waals surface area contributed by atoms with Gasteiger partial charge in [0.15, 0.2) is 0 Å². The van der Waals surface area contributed by atoms with Crippen molar-refractivity contribution in [1.82, 2.24) is 9.88 Å². The number of hydrogen-bond donors (Lipinski definition) is 1. The predicted octanol–water partition coefficient (Wildman–Crippen LogP) is 3.77. The Hall–Kier alpha value is -2.42. The third kappa shape index (κ3) is 5.02. The number of carboxylic acids is 1. The average molecular weight is 372 g/mol. The van der Waals surface area contributed by atoms with Crippen LogP contribution in [0, 0.1) is 0 Å². The first-order valence-corrected chi connectivity index (χ1v) is 8.17. The number of halogens is 3. The van der Waals surface area contributed by atoms with Gasteiger partial charge in [-0.15, -0.1) is 11.3 Å². The monoisotopic (exact) mass is 372 g/mol. The van der Waals surface area contributed by atoms with Gasteiger partial charge in [-0.05, 0) is 18.6 Å². The number of amides is 1. The van der Waals surface area contributed by atoms with Crippen LogP contribution in [-0.2, 0) is 11.0 Å². The molecule has 0 unspecified atom stereocenters. The van der Waals surface area contributed by atoms with E-state index in [1.807, 2.05) is 0 Å². The maximum atomic E-state index is 12.8. The molecule has 25 heavy (non-hydrogen) atoms. The lowest BCUT2D eigenvalue weighted by molar-refractivity contribution is -0.138. The number of carbonyl (C=O) groups is 2. The van der Waals surface area contributed by atoms with Gasteiger partial charge < -0.3 is 10.0 Å². The molecule has 0 bridgehead atoms. The van der Waals surface area contributed by atoms with Crippen LogP contribution in [0.5, 0.6) is 0 Å². The van der Waals surface area contributed by atoms with Gasteiger partial charge in [0.25, 0.3) is 5.91 Å². The van der Waals surface area contributed by atoms with Gasteiger partial charge in [0.1, 0.15) is 10.7 Å². The maximum Gasteiger partial charge on any atom is 0.416 e. The highest BCUT2D eigenvalue weighted by Gasteiger charge is 2.30. The zero-order valence-corrected chi connectivity index (χ0v) is 14.0. The minimum Gasteiger partial charge on any atom is -0.481 e. The lowest BCUT2D eigenvalue weighted by atomic mass is 10.1. The molecule has 0 aliphatic rings. The highest BCUT2D eigenvalue weighted by molar-refractivity contribution is 7.13. The second-order valence-electron chi connectivity index (χ2n) is 5.34. The van der Waals surface area contributed by atoms with Crippen LogP contribution in [0.25, 0.3) is 10.6 Å². The molecule has 1 heterocycles. The van der Waals surface area contributed by atoms with Gasteiger partial charge >= 0.3 is 12.1 Å². The summed E-state index contributed by atoms with van der Waals surface area (Å²) >= 11 is 1.08. The van der Waals surface area contributed by atoms with Crippen molar-refractivity contribution < 1.29 is 27.9 Å². The summed E-state index contributed by atoms with van der Waals surface area (Å²) < 4.78 is 38.3. The van der Waals surface area contributed by atoms with Crippen LogP contribution in [0.4, 0.5) is 13.2 Å². The number of carboxylic acid groups (broad SMARTS) is 1. The number of aliphatic carboxylic acids is 1. The summed E-state index contributed by atoms with van der Waals surface area (Å²) in [5.74, 6) is -1.35. The van der Waals surface area contributed by atoms with Crippen molar-refractivity contribution in [3.8, 4) is 10.6 Å². The van der Waals surface area contributed by atoms with E-state index in [0.717, 1.165) is 23.5 Å². The summed E-state index contributed by atoms with van der Waals surface area (Å²) in [5, 5.41) is 10.4. The van der Waals surface area contributed by atoms with Gasteiger partial charge in [0.2, 0.25) is 0 Å². The molecule has 1 N–H and O–H groups in total. The van der Waals surface area contributed by atoms with E-state index in [1.54, 1.807) is 0 Å². The molecule has 5 nitrogen and oxygen atoms in total. The first-order chi connectivity index (χ1) is 11.7. The van der Waals surface area contributed by atoms with E-state index < -0.39 is 23.6 Å². The smallest absolute Gasteiger partial charge is 0.416 e. The van der Waals surface area contributed by atoms with Crippen LogP contribution in [-0.4, -0.2) is 40.5 Å². The van der Waals surface area contributed by atoms with E-state index in [0.29, 0.717) is 11.4 Å². The Labute approximate surface area is 145 Å². The second-order valence-corrected chi connectivity index (χ2v) is 6.20. The lowest BCUT2D eigenvalue weighted by Crippen LogP contribution is -2.28. The molecule has 1 aromatic carbocycles. The van der Waals surface area contributed by atoms with Crippen molar-refractivity contribution in [1.29, 1.82) is 0 Å². The maximum absolute atomic E-state index is 12.8. The second kappa shape index (κ2) is 7.64. The van der Waals surface area contributed by atoms with Crippen LogP contribution in [0.3, 0.4) is 0 Å². The summed E-state index contributed by atoms with van der Waals surface area (Å²) in [5.41, 5.74) is -0.374. The number of aromatic nitrogens is 1. The van der Waals surface area contributed by atoms with Crippen LogP contribution in [0.15, 0.2) is 29.6 Å². The van der Waals surface area contributed by atoms with Crippen molar-refractivity contribution in [2.24, 2.45) is 0 Å². The van der Waals surface area contributed by atoms with Gasteiger partial charge in [-0.25, -0.2) is 4.98 Å². The van der Waals surface area contributed by atoms with Gasteiger partial charge in [-0.3, -0.25) is 9.59 Å². The largest absolute Gasteiger partial charge is 0.481 e. The number of alkyl halides is 3. The lowest BCUT2D eigenvalue weighted by Gasteiger charge is -2.14. The Morgan fingerprint density at radius 2 is 2.04 bits per heavy atom. The van der Waals surface area contributed by atoms with E-state index >= 15 is 0 Å². The first-order valence-electron chi connectivity index (χ1n) is 7.29. The molecule has 2 aromatic rings. The van der Waals surface area contributed by atoms with Crippen molar-refractivity contribution in [2.75, 3.05) is 13.6 Å². The van der Waals surface area contributed by atoms with Crippen LogP contribution < -0.4 is 0 Å². The number of thiazole rings is 1. The Morgan fingerprint density at radius 1 is 1.32 bits per heavy atom. The molecule has 0 saturated carbocycles. The SMILES string of the molecule is CN(CCCC(=O)O)C(=O)c1csc(-c2cccc(C(F)(F)F)c2)n1. The summed E-state index contributed by atoms with van der Waals surface area (Å²) in [7, 11) is 1.52. The number of carbonyl (C=O) groups excluding carboxylic acids is 1. The van der Waals surface area contributed by atoms with Gasteiger partial charge in [-0.2, -0.15) is 13.2 Å². The summed E-state index contributed by atoms with van der Waals surface area (Å²) in [6.07, 6.45) is -4.19. The van der Waals surface area contributed by atoms with E-state index in [2.05, 4.69) is 4.98 Å². The molecule has 9 heteroatoms. The Balaban J connectivity index is 2.12. The summed E-state index contributed by atoms with van der Waals surface area (Å²) in [6.45, 7) is 0.252. The highest BCUT2D eigenvalue weighted by Crippen LogP contribution is 2.33. The fraction of sp³-hybridized carbons (Fsp3) is 0.312. The Bertz CT molecular complexity index is 774. The van der Waals surface area contributed by atoms with Crippen molar-refractivity contribution in [3.63, 3.8) is 0 Å². The van der Waals surface area contributed by atoms with Crippen LogP contribution in [0.2, 0.25) is 0 Å². The van der Waals surface area contributed by atoms with Crippen molar-refractivity contribution >= 4 is 23.2 Å². The summed E-state index contributed by atoms with van der Waals surface area (Å²) in [6, 6.07) is 4.75. The molecule has 1 amide bonds. The molecule has 134 valence electrons. The molecule has 0 spiro atoms. The Kier molecular flexibility index (Phi) is 5.78. The van der Waals surface area contributed by atoms with E-state index in [1.165, 1.54) is 29.5 Å². The molecule has 0 aliphatic heterocycles. The topological polar surface area (TPSA) is 70.5 Å². The highest BCUT2D eigenvalue weighted by atomic mass is 32.1. The molecule has 0 atom stereocenters. The van der Waals surface area contributed by atoms with E-state index in [-0.39, 0.29) is 24.2 Å². The molecular formula is C16H15F3N2O3S. The standard InChI is InChI=1S/C16H15F3N2O3S/c1-21(7-3-6-13(22)23)15(24)12-9-25-14(20-12)10-4-2-5-11(8-10)16(17,18)19/h2,4-5,8-9H,3,6-7H2,1H3,(H,22,23). The third-order valence-corrected chi connectivity index (χ3v) is 4.28. The van der Waals surface area contributed by atoms with E-state index in [4.69, 9.17) is 5.11 Å². The zero-order chi connectivity index (χ0) is 18.6. The average Bonchev–Trinajstić information content (AvgIpc) is 3.03.